The van der Waals surface area contributed by atoms with Crippen LogP contribution in [0.25, 0.3) is 0 Å². The summed E-state index contributed by atoms with van der Waals surface area (Å²) in [5.41, 5.74) is 0.506. The van der Waals surface area contributed by atoms with Gasteiger partial charge in [0.15, 0.2) is 0 Å². The van der Waals surface area contributed by atoms with E-state index in [0.717, 1.165) is 24.7 Å². The number of nitrogens with one attached hydrogen (secondary N) is 1. The minimum absolute atomic E-state index is 0.00433. The molecule has 2 amide bonds. The number of anilines is 1. The van der Waals surface area contributed by atoms with Gasteiger partial charge >= 0.3 is 0 Å². The van der Waals surface area contributed by atoms with Crippen LogP contribution < -0.4 is 15.0 Å². The fourth-order valence-corrected chi connectivity index (χ4v) is 2.96. The lowest BCUT2D eigenvalue weighted by molar-refractivity contribution is -0.130. The average molecular weight is 368 g/mol. The van der Waals surface area contributed by atoms with Gasteiger partial charge in [-0.3, -0.25) is 9.59 Å². The molecule has 0 unspecified atom stereocenters. The molecule has 1 aliphatic heterocycles. The molecule has 0 aliphatic carbocycles. The Kier molecular flexibility index (Phi) is 6.25. The molecule has 1 N–H and O–H groups in total. The Morgan fingerprint density at radius 3 is 2.44 bits per heavy atom. The van der Waals surface area contributed by atoms with Crippen LogP contribution in [0.3, 0.4) is 0 Å². The number of benzene rings is 1. The van der Waals surface area contributed by atoms with Gasteiger partial charge in [-0.25, -0.2) is 4.98 Å². The van der Waals surface area contributed by atoms with Crippen molar-refractivity contribution in [1.29, 1.82) is 0 Å². The molecule has 7 nitrogen and oxygen atoms in total. The molecule has 1 aromatic carbocycles. The maximum Gasteiger partial charge on any atom is 0.251 e. The lowest BCUT2D eigenvalue weighted by Crippen LogP contribution is -2.51. The maximum atomic E-state index is 12.4. The van der Waals surface area contributed by atoms with E-state index >= 15 is 0 Å². The molecule has 3 rings (SSSR count). The van der Waals surface area contributed by atoms with Crippen molar-refractivity contribution in [1.82, 2.24) is 15.2 Å². The van der Waals surface area contributed by atoms with E-state index in [2.05, 4.69) is 15.2 Å². The topological polar surface area (TPSA) is 74.8 Å². The smallest absolute Gasteiger partial charge is 0.251 e. The average Bonchev–Trinajstić information content (AvgIpc) is 2.73. The first-order chi connectivity index (χ1) is 13.2. The molecule has 2 aromatic rings. The van der Waals surface area contributed by atoms with Crippen molar-refractivity contribution in [2.24, 2.45) is 0 Å². The third-order valence-corrected chi connectivity index (χ3v) is 4.43. The van der Waals surface area contributed by atoms with E-state index in [0.29, 0.717) is 25.3 Å². The number of aromatic nitrogens is 1. The fourth-order valence-electron chi connectivity index (χ4n) is 2.96. The number of hydrogen-bond donors (Lipinski definition) is 1. The first-order valence-corrected chi connectivity index (χ1v) is 9.12. The summed E-state index contributed by atoms with van der Waals surface area (Å²) in [7, 11) is 0. The van der Waals surface area contributed by atoms with Gasteiger partial charge in [0.1, 0.15) is 11.6 Å². The van der Waals surface area contributed by atoms with Gasteiger partial charge in [-0.1, -0.05) is 6.07 Å². The van der Waals surface area contributed by atoms with Gasteiger partial charge in [0, 0.05) is 37.9 Å². The van der Waals surface area contributed by atoms with Crippen LogP contribution in [-0.2, 0) is 4.79 Å². The standard InChI is InChI=1S/C20H24N4O3/c1-2-27-17-8-6-16(7-9-17)20(26)22-15-19(25)24-13-11-23(12-14-24)18-5-3-4-10-21-18/h3-10H,2,11-15H2,1H3,(H,22,26). The molecule has 1 fully saturated rings. The number of carbonyl (C=O) groups is 2. The molecule has 27 heavy (non-hydrogen) atoms. The number of amides is 2. The first kappa shape index (κ1) is 18.7. The highest BCUT2D eigenvalue weighted by Crippen LogP contribution is 2.13. The summed E-state index contributed by atoms with van der Waals surface area (Å²) in [4.78, 5) is 32.8. The second-order valence-electron chi connectivity index (χ2n) is 6.20. The van der Waals surface area contributed by atoms with Gasteiger partial charge in [-0.05, 0) is 43.3 Å². The van der Waals surface area contributed by atoms with Crippen molar-refractivity contribution in [3.63, 3.8) is 0 Å². The van der Waals surface area contributed by atoms with E-state index in [1.54, 1.807) is 35.4 Å². The lowest BCUT2D eigenvalue weighted by atomic mass is 10.2. The normalized spacial score (nSPS) is 14.0. The van der Waals surface area contributed by atoms with Gasteiger partial charge in [-0.15, -0.1) is 0 Å². The Balaban J connectivity index is 1.45. The summed E-state index contributed by atoms with van der Waals surface area (Å²) >= 11 is 0. The zero-order valence-electron chi connectivity index (χ0n) is 15.4. The zero-order valence-corrected chi connectivity index (χ0v) is 15.4. The molecule has 0 saturated carbocycles. The summed E-state index contributed by atoms with van der Waals surface area (Å²) in [6, 6.07) is 12.7. The van der Waals surface area contributed by atoms with Gasteiger partial charge in [-0.2, -0.15) is 0 Å². The van der Waals surface area contributed by atoms with E-state index in [4.69, 9.17) is 4.74 Å². The summed E-state index contributed by atoms with van der Waals surface area (Å²) in [6.45, 7) is 5.18. The highest BCUT2D eigenvalue weighted by molar-refractivity contribution is 5.96. The predicted molar refractivity (Wildman–Crippen MR) is 103 cm³/mol. The predicted octanol–water partition coefficient (Wildman–Crippen LogP) is 1.56. The largest absolute Gasteiger partial charge is 0.494 e. The van der Waals surface area contributed by atoms with Crippen LogP contribution in [0.15, 0.2) is 48.7 Å². The maximum absolute atomic E-state index is 12.4. The van der Waals surface area contributed by atoms with E-state index in [-0.39, 0.29) is 18.4 Å². The van der Waals surface area contributed by atoms with Crippen LogP contribution in [0.5, 0.6) is 5.75 Å². The molecule has 0 atom stereocenters. The number of ether oxygens (including phenoxy) is 1. The fraction of sp³-hybridized carbons (Fsp3) is 0.350. The van der Waals surface area contributed by atoms with Gasteiger partial charge in [0.25, 0.3) is 5.91 Å². The van der Waals surface area contributed by atoms with Crippen LogP contribution >= 0.6 is 0 Å². The molecular formula is C20H24N4O3. The van der Waals surface area contributed by atoms with Crippen molar-refractivity contribution < 1.29 is 14.3 Å². The first-order valence-electron chi connectivity index (χ1n) is 9.12. The highest BCUT2D eigenvalue weighted by atomic mass is 16.5. The Hall–Kier alpha value is -3.09. The second-order valence-corrected chi connectivity index (χ2v) is 6.20. The van der Waals surface area contributed by atoms with Crippen LogP contribution in [0.1, 0.15) is 17.3 Å². The summed E-state index contributed by atoms with van der Waals surface area (Å²) < 4.78 is 5.36. The molecule has 1 aliphatic rings. The number of pyridine rings is 1. The van der Waals surface area contributed by atoms with Gasteiger partial charge in [0.2, 0.25) is 5.91 Å². The number of hydrogen-bond acceptors (Lipinski definition) is 5. The molecule has 0 spiro atoms. The Morgan fingerprint density at radius 1 is 1.07 bits per heavy atom. The highest BCUT2D eigenvalue weighted by Gasteiger charge is 2.22. The van der Waals surface area contributed by atoms with Crippen LogP contribution in [-0.4, -0.2) is 61.0 Å². The van der Waals surface area contributed by atoms with Gasteiger partial charge < -0.3 is 19.9 Å². The molecular weight excluding hydrogens is 344 g/mol. The second kappa shape index (κ2) is 9.02. The Morgan fingerprint density at radius 2 is 1.81 bits per heavy atom. The number of carbonyl (C=O) groups excluding carboxylic acids is 2. The molecule has 2 heterocycles. The van der Waals surface area contributed by atoms with Gasteiger partial charge in [0.05, 0.1) is 13.2 Å². The number of piperazine rings is 1. The summed E-state index contributed by atoms with van der Waals surface area (Å²) in [6.07, 6.45) is 1.77. The van der Waals surface area contributed by atoms with E-state index < -0.39 is 0 Å². The quantitative estimate of drug-likeness (QED) is 0.838. The number of rotatable bonds is 6. The molecule has 1 aromatic heterocycles. The minimum Gasteiger partial charge on any atom is -0.494 e. The van der Waals surface area contributed by atoms with Crippen LogP contribution in [0.2, 0.25) is 0 Å². The van der Waals surface area contributed by atoms with Crippen molar-refractivity contribution in [2.45, 2.75) is 6.92 Å². The minimum atomic E-state index is -0.265. The zero-order chi connectivity index (χ0) is 19.1. The van der Waals surface area contributed by atoms with Crippen molar-refractivity contribution in [2.75, 3.05) is 44.2 Å². The SMILES string of the molecule is CCOc1ccc(C(=O)NCC(=O)N2CCN(c3ccccn3)CC2)cc1. The molecule has 7 heteroatoms. The molecule has 0 radical (unpaired) electrons. The van der Waals surface area contributed by atoms with E-state index in [9.17, 15) is 9.59 Å². The summed E-state index contributed by atoms with van der Waals surface area (Å²) in [5, 5.41) is 2.69. The van der Waals surface area contributed by atoms with Crippen LogP contribution in [0, 0.1) is 0 Å². The van der Waals surface area contributed by atoms with E-state index in [1.165, 1.54) is 0 Å². The van der Waals surface area contributed by atoms with E-state index in [1.807, 2.05) is 25.1 Å². The van der Waals surface area contributed by atoms with Crippen LogP contribution in [0.4, 0.5) is 5.82 Å². The molecule has 0 bridgehead atoms. The van der Waals surface area contributed by atoms with Crippen molar-refractivity contribution in [3.05, 3.63) is 54.2 Å². The summed E-state index contributed by atoms with van der Waals surface area (Å²) in [5.74, 6) is 1.30. The number of nitrogens with zero attached hydrogens (tertiary/aromatic N) is 3. The Labute approximate surface area is 158 Å². The van der Waals surface area contributed by atoms with Crippen molar-refractivity contribution in [3.8, 4) is 5.75 Å². The third-order valence-electron chi connectivity index (χ3n) is 4.43. The van der Waals surface area contributed by atoms with Crippen molar-refractivity contribution >= 4 is 17.6 Å². The third kappa shape index (κ3) is 4.97. The lowest BCUT2D eigenvalue weighted by Gasteiger charge is -2.35. The Bertz CT molecular complexity index is 757. The molecule has 1 saturated heterocycles. The molecule has 142 valence electrons. The monoisotopic (exact) mass is 368 g/mol.